The van der Waals surface area contributed by atoms with E-state index in [1.54, 1.807) is 19.3 Å². The first-order chi connectivity index (χ1) is 9.17. The van der Waals surface area contributed by atoms with E-state index in [-0.39, 0.29) is 11.5 Å². The molecular weight excluding hydrogens is 240 g/mol. The number of ether oxygens (including phenoxy) is 1. The molecule has 3 N–H and O–H groups in total. The second-order valence-electron chi connectivity index (χ2n) is 4.30. The number of rotatable bonds is 3. The zero-order valence-electron chi connectivity index (χ0n) is 10.8. The molecule has 0 unspecified atom stereocenters. The number of methoxy groups -OCH3 is 1. The van der Waals surface area contributed by atoms with Crippen LogP contribution in [0.1, 0.15) is 22.3 Å². The minimum absolute atomic E-state index is 0.0321. The lowest BCUT2D eigenvalue weighted by molar-refractivity contribution is 0.102. The Morgan fingerprint density at radius 2 is 2.21 bits per heavy atom. The first kappa shape index (κ1) is 13.1. The summed E-state index contributed by atoms with van der Waals surface area (Å²) in [5.41, 5.74) is 7.73. The summed E-state index contributed by atoms with van der Waals surface area (Å²) in [7, 11) is 1.60. The number of ketones is 1. The summed E-state index contributed by atoms with van der Waals surface area (Å²) in [6, 6.07) is 5.47. The van der Waals surface area contributed by atoms with Gasteiger partial charge in [0.05, 0.1) is 12.8 Å². The molecule has 0 spiro atoms. The molecule has 4 nitrogen and oxygen atoms in total. The van der Waals surface area contributed by atoms with Crippen LogP contribution in [0.15, 0.2) is 42.1 Å². The van der Waals surface area contributed by atoms with Crippen LogP contribution in [-0.4, -0.2) is 18.6 Å². The van der Waals surface area contributed by atoms with Crippen molar-refractivity contribution in [2.24, 2.45) is 5.73 Å². The molecule has 98 valence electrons. The van der Waals surface area contributed by atoms with E-state index in [1.165, 1.54) is 12.3 Å². The number of carbonyl (C=O) groups is 1. The molecule has 1 aromatic carbocycles. The van der Waals surface area contributed by atoms with Crippen molar-refractivity contribution in [3.8, 4) is 5.75 Å². The van der Waals surface area contributed by atoms with Crippen molar-refractivity contribution in [3.05, 3.63) is 53.3 Å². The van der Waals surface area contributed by atoms with Crippen LogP contribution in [0.25, 0.3) is 0 Å². The van der Waals surface area contributed by atoms with Gasteiger partial charge in [0.15, 0.2) is 5.78 Å². The fourth-order valence-corrected chi connectivity index (χ4v) is 2.25. The topological polar surface area (TPSA) is 76.2 Å². The number of hydrogen-bond donors (Lipinski definition) is 2. The van der Waals surface area contributed by atoms with Gasteiger partial charge < -0.3 is 15.9 Å². The van der Waals surface area contributed by atoms with Crippen molar-refractivity contribution < 1.29 is 9.53 Å². The van der Waals surface area contributed by atoms with Gasteiger partial charge in [-0.25, -0.2) is 0 Å². The lowest BCUT2D eigenvalue weighted by Gasteiger charge is -2.19. The Morgan fingerprint density at radius 3 is 2.89 bits per heavy atom. The highest BCUT2D eigenvalue weighted by molar-refractivity contribution is 6.15. The second-order valence-corrected chi connectivity index (χ2v) is 4.30. The van der Waals surface area contributed by atoms with Crippen LogP contribution in [0.5, 0.6) is 5.75 Å². The molecule has 1 aliphatic carbocycles. The first-order valence-electron chi connectivity index (χ1n) is 6.05. The number of benzene rings is 1. The van der Waals surface area contributed by atoms with Gasteiger partial charge in [-0.05, 0) is 37.3 Å². The third-order valence-electron chi connectivity index (χ3n) is 3.14. The van der Waals surface area contributed by atoms with E-state index in [2.05, 4.69) is 0 Å². The van der Waals surface area contributed by atoms with Crippen molar-refractivity contribution >= 4 is 11.5 Å². The average molecular weight is 256 g/mol. The average Bonchev–Trinajstić information content (AvgIpc) is 2.41. The quantitative estimate of drug-likeness (QED) is 0.643. The molecule has 0 fully saturated rings. The number of Topliss-reactive ketones (excluding diaryl/α,β-unsaturated/α-hetero) is 1. The lowest BCUT2D eigenvalue weighted by atomic mass is 9.85. The minimum atomic E-state index is -0.0321. The summed E-state index contributed by atoms with van der Waals surface area (Å²) >= 11 is 0. The molecule has 1 aliphatic rings. The van der Waals surface area contributed by atoms with Gasteiger partial charge in [0.2, 0.25) is 0 Å². The van der Waals surface area contributed by atoms with Crippen LogP contribution in [0, 0.1) is 5.41 Å². The summed E-state index contributed by atoms with van der Waals surface area (Å²) in [5, 5.41) is 7.66. The van der Waals surface area contributed by atoms with Gasteiger partial charge in [-0.1, -0.05) is 12.1 Å². The molecule has 0 bridgehead atoms. The van der Waals surface area contributed by atoms with E-state index < -0.39 is 0 Å². The molecule has 0 aromatic heterocycles. The highest BCUT2D eigenvalue weighted by atomic mass is 16.5. The molecule has 0 saturated heterocycles. The highest BCUT2D eigenvalue weighted by Gasteiger charge is 2.24. The van der Waals surface area contributed by atoms with Crippen molar-refractivity contribution in [3.63, 3.8) is 0 Å². The van der Waals surface area contributed by atoms with Gasteiger partial charge in [-0.2, -0.15) is 0 Å². The summed E-state index contributed by atoms with van der Waals surface area (Å²) in [6.07, 6.45) is 5.70. The van der Waals surface area contributed by atoms with Crippen molar-refractivity contribution in [1.29, 1.82) is 5.41 Å². The Bertz CT molecular complexity index is 586. The van der Waals surface area contributed by atoms with Crippen molar-refractivity contribution in [2.45, 2.75) is 12.8 Å². The normalized spacial score (nSPS) is 16.7. The molecular formula is C15H16N2O2. The zero-order valence-corrected chi connectivity index (χ0v) is 10.8. The summed E-state index contributed by atoms with van der Waals surface area (Å²) < 4.78 is 5.27. The predicted molar refractivity (Wildman–Crippen MR) is 74.8 cm³/mol. The third-order valence-corrected chi connectivity index (χ3v) is 3.14. The van der Waals surface area contributed by atoms with E-state index in [1.807, 2.05) is 12.1 Å². The van der Waals surface area contributed by atoms with Crippen molar-refractivity contribution in [1.82, 2.24) is 0 Å². The number of nitrogens with one attached hydrogen (secondary N) is 1. The van der Waals surface area contributed by atoms with Gasteiger partial charge in [-0.15, -0.1) is 0 Å². The van der Waals surface area contributed by atoms with Gasteiger partial charge >= 0.3 is 0 Å². The summed E-state index contributed by atoms with van der Waals surface area (Å²) in [5.74, 6) is 0.720. The molecule has 19 heavy (non-hydrogen) atoms. The highest BCUT2D eigenvalue weighted by Crippen LogP contribution is 2.31. The zero-order chi connectivity index (χ0) is 13.8. The Labute approximate surface area is 112 Å². The monoisotopic (exact) mass is 256 g/mol. The molecule has 1 aromatic rings. The van der Waals surface area contributed by atoms with Gasteiger partial charge in [0, 0.05) is 16.7 Å². The van der Waals surface area contributed by atoms with Crippen LogP contribution in [-0.2, 0) is 6.42 Å². The standard InChI is InChI=1S/C15H16N2O2/c1-19-14-4-2-3-13-12(14)6-5-10(15(13)18)9-11(17)7-8-16/h2-4,7-9,17H,5-6,16H2,1H3/b8-7-,10-9-,17-11?. The maximum Gasteiger partial charge on any atom is 0.189 e. The van der Waals surface area contributed by atoms with Crippen LogP contribution in [0.4, 0.5) is 0 Å². The fourth-order valence-electron chi connectivity index (χ4n) is 2.25. The SMILES string of the molecule is COc1cccc2c1CC/C(=C/C(=N)/C=C\N)C2=O. The number of nitrogens with two attached hydrogens (primary N) is 1. The minimum Gasteiger partial charge on any atom is -0.496 e. The van der Waals surface area contributed by atoms with Crippen LogP contribution in [0.3, 0.4) is 0 Å². The number of hydrogen-bond acceptors (Lipinski definition) is 4. The molecule has 0 saturated carbocycles. The Morgan fingerprint density at radius 1 is 1.42 bits per heavy atom. The third kappa shape index (κ3) is 2.57. The number of carbonyl (C=O) groups excluding carboxylic acids is 1. The molecule has 0 aliphatic heterocycles. The fraction of sp³-hybridized carbons (Fsp3) is 0.200. The van der Waals surface area contributed by atoms with E-state index in [0.29, 0.717) is 17.6 Å². The first-order valence-corrected chi connectivity index (χ1v) is 6.05. The number of allylic oxidation sites excluding steroid dienone is 3. The van der Waals surface area contributed by atoms with Crippen LogP contribution >= 0.6 is 0 Å². The smallest absolute Gasteiger partial charge is 0.189 e. The van der Waals surface area contributed by atoms with E-state index in [0.717, 1.165) is 17.7 Å². The maximum atomic E-state index is 12.3. The van der Waals surface area contributed by atoms with Gasteiger partial charge in [-0.3, -0.25) is 4.79 Å². The van der Waals surface area contributed by atoms with Crippen LogP contribution in [0.2, 0.25) is 0 Å². The number of fused-ring (bicyclic) bond motifs is 1. The molecule has 0 atom stereocenters. The summed E-state index contributed by atoms with van der Waals surface area (Å²) in [6.45, 7) is 0. The molecule has 0 amide bonds. The largest absolute Gasteiger partial charge is 0.496 e. The molecule has 2 rings (SSSR count). The molecule has 0 radical (unpaired) electrons. The maximum absolute atomic E-state index is 12.3. The lowest BCUT2D eigenvalue weighted by Crippen LogP contribution is -2.16. The summed E-state index contributed by atoms with van der Waals surface area (Å²) in [4.78, 5) is 12.3. The van der Waals surface area contributed by atoms with E-state index in [4.69, 9.17) is 15.9 Å². The molecule has 0 heterocycles. The van der Waals surface area contributed by atoms with Gasteiger partial charge in [0.1, 0.15) is 5.75 Å². The second kappa shape index (κ2) is 5.52. The Balaban J connectivity index is 2.38. The predicted octanol–water partition coefficient (Wildman–Crippen LogP) is 2.24. The van der Waals surface area contributed by atoms with Crippen LogP contribution < -0.4 is 10.5 Å². The Hall–Kier alpha value is -2.36. The van der Waals surface area contributed by atoms with E-state index in [9.17, 15) is 4.79 Å². The van der Waals surface area contributed by atoms with Crippen molar-refractivity contribution in [2.75, 3.05) is 7.11 Å². The van der Waals surface area contributed by atoms with E-state index >= 15 is 0 Å². The van der Waals surface area contributed by atoms with Gasteiger partial charge in [0.25, 0.3) is 0 Å². The Kier molecular flexibility index (Phi) is 3.80. The molecule has 4 heteroatoms.